The van der Waals surface area contributed by atoms with E-state index in [1.54, 1.807) is 0 Å². The molecule has 1 rings (SSSR count). The molecule has 1 aromatic carbocycles. The van der Waals surface area contributed by atoms with Gasteiger partial charge in [-0.15, -0.1) is 0 Å². The van der Waals surface area contributed by atoms with Gasteiger partial charge in [-0.3, -0.25) is 10.1 Å². The minimum Gasteiger partial charge on any atom is -0.377 e. The number of hydrogen-bond donors (Lipinski definition) is 1. The van der Waals surface area contributed by atoms with Gasteiger partial charge in [0, 0.05) is 12.6 Å². The predicted molar refractivity (Wildman–Crippen MR) is 65.6 cm³/mol. The summed E-state index contributed by atoms with van der Waals surface area (Å²) >= 11 is 0. The van der Waals surface area contributed by atoms with E-state index in [1.807, 2.05) is 13.8 Å². The second-order valence-corrected chi connectivity index (χ2v) is 4.31. The number of nitrogens with one attached hydrogen (secondary N) is 1. The van der Waals surface area contributed by atoms with Gasteiger partial charge >= 0.3 is 0 Å². The summed E-state index contributed by atoms with van der Waals surface area (Å²) in [7, 11) is 0. The largest absolute Gasteiger partial charge is 0.377 e. The van der Waals surface area contributed by atoms with Gasteiger partial charge in [0.1, 0.15) is 11.5 Å². The number of rotatable bonds is 6. The third-order valence-corrected chi connectivity index (χ3v) is 2.64. The van der Waals surface area contributed by atoms with Crippen molar-refractivity contribution in [3.8, 4) is 0 Å². The number of benzene rings is 1. The van der Waals surface area contributed by atoms with Crippen LogP contribution in [0.2, 0.25) is 0 Å². The molecule has 100 valence electrons. The average molecular weight is 258 g/mol. The summed E-state index contributed by atoms with van der Waals surface area (Å²) in [5, 5.41) is 13.4. The molecule has 6 heteroatoms. The first-order chi connectivity index (χ1) is 8.45. The van der Waals surface area contributed by atoms with Crippen LogP contribution in [0.5, 0.6) is 0 Å². The Morgan fingerprint density at radius 1 is 1.44 bits per heavy atom. The van der Waals surface area contributed by atoms with Crippen LogP contribution in [-0.4, -0.2) is 11.5 Å². The van der Waals surface area contributed by atoms with Gasteiger partial charge in [0.15, 0.2) is 5.82 Å². The third-order valence-electron chi connectivity index (χ3n) is 2.64. The molecule has 0 saturated heterocycles. The first-order valence-corrected chi connectivity index (χ1v) is 5.83. The van der Waals surface area contributed by atoms with Gasteiger partial charge in [0.05, 0.1) is 11.0 Å². The zero-order chi connectivity index (χ0) is 13.7. The van der Waals surface area contributed by atoms with Gasteiger partial charge < -0.3 is 5.32 Å². The molecular formula is C12H16F2N2O2. The maximum Gasteiger partial charge on any atom is 0.298 e. The maximum absolute atomic E-state index is 13.5. The van der Waals surface area contributed by atoms with Crippen molar-refractivity contribution in [1.29, 1.82) is 0 Å². The summed E-state index contributed by atoms with van der Waals surface area (Å²) in [6, 6.07) is 1.36. The normalized spacial score (nSPS) is 12.2. The van der Waals surface area contributed by atoms with E-state index >= 15 is 0 Å². The summed E-state index contributed by atoms with van der Waals surface area (Å²) in [6.45, 7) is 4.40. The quantitative estimate of drug-likeness (QED) is 0.625. The molecular weight excluding hydrogens is 242 g/mol. The minimum absolute atomic E-state index is 0.246. The molecule has 4 nitrogen and oxygen atoms in total. The van der Waals surface area contributed by atoms with Crippen molar-refractivity contribution < 1.29 is 13.7 Å². The van der Waals surface area contributed by atoms with E-state index in [9.17, 15) is 18.9 Å². The summed E-state index contributed by atoms with van der Waals surface area (Å²) in [5.41, 5.74) is -0.819. The summed E-state index contributed by atoms with van der Waals surface area (Å²) < 4.78 is 26.4. The molecule has 0 amide bonds. The molecule has 0 aliphatic rings. The molecule has 0 radical (unpaired) electrons. The van der Waals surface area contributed by atoms with Gasteiger partial charge in [0.2, 0.25) is 0 Å². The maximum atomic E-state index is 13.5. The Balaban J connectivity index is 2.90. The lowest BCUT2D eigenvalue weighted by Crippen LogP contribution is -2.13. The summed E-state index contributed by atoms with van der Waals surface area (Å²) in [6.07, 6.45) is 1.92. The highest BCUT2D eigenvalue weighted by atomic mass is 19.1. The van der Waals surface area contributed by atoms with Gasteiger partial charge in [-0.1, -0.05) is 20.3 Å². The second kappa shape index (κ2) is 6.28. The van der Waals surface area contributed by atoms with Crippen LogP contribution in [0.25, 0.3) is 0 Å². The van der Waals surface area contributed by atoms with Crippen LogP contribution in [0.1, 0.15) is 26.7 Å². The van der Waals surface area contributed by atoms with Crippen molar-refractivity contribution in [1.82, 2.24) is 0 Å². The molecule has 0 spiro atoms. The van der Waals surface area contributed by atoms with Crippen molar-refractivity contribution in [3.63, 3.8) is 0 Å². The lowest BCUT2D eigenvalue weighted by atomic mass is 10.1. The Kier molecular flexibility index (Phi) is 5.00. The van der Waals surface area contributed by atoms with Crippen LogP contribution in [0, 0.1) is 27.7 Å². The molecule has 0 saturated carbocycles. The van der Waals surface area contributed by atoms with Crippen LogP contribution in [-0.2, 0) is 0 Å². The molecule has 1 unspecified atom stereocenters. The lowest BCUT2D eigenvalue weighted by molar-refractivity contribution is -0.384. The van der Waals surface area contributed by atoms with E-state index in [1.165, 1.54) is 0 Å². The standard InChI is InChI=1S/C12H16F2N2O2/c1-3-4-8(2)7-15-12-10(14)5-9(13)6-11(12)16(17)18/h5-6,8,15H,3-4,7H2,1-2H3. The number of nitro benzene ring substituents is 1. The molecule has 1 aromatic rings. The Hall–Kier alpha value is -1.72. The molecule has 0 aliphatic carbocycles. The molecule has 0 aromatic heterocycles. The smallest absolute Gasteiger partial charge is 0.298 e. The van der Waals surface area contributed by atoms with Gasteiger partial charge in [-0.05, 0) is 12.3 Å². The SMILES string of the molecule is CCCC(C)CNc1c(F)cc(F)cc1[N+](=O)[O-]. The first-order valence-electron chi connectivity index (χ1n) is 5.83. The summed E-state index contributed by atoms with van der Waals surface area (Å²) in [4.78, 5) is 9.94. The zero-order valence-electron chi connectivity index (χ0n) is 10.4. The minimum atomic E-state index is -0.952. The molecule has 0 heterocycles. The highest BCUT2D eigenvalue weighted by Crippen LogP contribution is 2.28. The van der Waals surface area contributed by atoms with Gasteiger partial charge in [-0.25, -0.2) is 8.78 Å². The zero-order valence-corrected chi connectivity index (χ0v) is 10.4. The van der Waals surface area contributed by atoms with Crippen LogP contribution in [0.4, 0.5) is 20.2 Å². The fourth-order valence-corrected chi connectivity index (χ4v) is 1.75. The van der Waals surface area contributed by atoms with Crippen molar-refractivity contribution in [2.24, 2.45) is 5.92 Å². The fourth-order valence-electron chi connectivity index (χ4n) is 1.75. The number of hydrogen-bond acceptors (Lipinski definition) is 3. The number of anilines is 1. The number of nitrogens with zero attached hydrogens (tertiary/aromatic N) is 1. The fraction of sp³-hybridized carbons (Fsp3) is 0.500. The van der Waals surface area contributed by atoms with E-state index in [2.05, 4.69) is 5.32 Å². The molecule has 0 aliphatic heterocycles. The van der Waals surface area contributed by atoms with Crippen molar-refractivity contribution >= 4 is 11.4 Å². The van der Waals surface area contributed by atoms with E-state index < -0.39 is 22.2 Å². The molecule has 0 bridgehead atoms. The first kappa shape index (κ1) is 14.3. The van der Waals surface area contributed by atoms with Crippen molar-refractivity contribution in [2.75, 3.05) is 11.9 Å². The number of nitro groups is 1. The molecule has 0 fully saturated rings. The van der Waals surface area contributed by atoms with Gasteiger partial charge in [-0.2, -0.15) is 0 Å². The Bertz CT molecular complexity index is 438. The molecule has 18 heavy (non-hydrogen) atoms. The van der Waals surface area contributed by atoms with E-state index in [4.69, 9.17) is 0 Å². The predicted octanol–water partition coefficient (Wildman–Crippen LogP) is 3.72. The Labute approximate surface area is 104 Å². The van der Waals surface area contributed by atoms with Gasteiger partial charge in [0.25, 0.3) is 5.69 Å². The monoisotopic (exact) mass is 258 g/mol. The topological polar surface area (TPSA) is 55.2 Å². The number of halogens is 2. The van der Waals surface area contributed by atoms with Crippen LogP contribution in [0.3, 0.4) is 0 Å². The Morgan fingerprint density at radius 3 is 2.67 bits per heavy atom. The highest BCUT2D eigenvalue weighted by Gasteiger charge is 2.20. The molecule has 1 N–H and O–H groups in total. The van der Waals surface area contributed by atoms with Crippen LogP contribution < -0.4 is 5.32 Å². The Morgan fingerprint density at radius 2 is 2.11 bits per heavy atom. The van der Waals surface area contributed by atoms with Crippen molar-refractivity contribution in [3.05, 3.63) is 33.9 Å². The summed E-state index contributed by atoms with van der Waals surface area (Å²) in [5.74, 6) is -1.63. The van der Waals surface area contributed by atoms with Crippen LogP contribution in [0.15, 0.2) is 12.1 Å². The highest BCUT2D eigenvalue weighted by molar-refractivity contribution is 5.62. The van der Waals surface area contributed by atoms with E-state index in [0.717, 1.165) is 18.9 Å². The third kappa shape index (κ3) is 3.65. The molecule has 1 atom stereocenters. The second-order valence-electron chi connectivity index (χ2n) is 4.31. The van der Waals surface area contributed by atoms with Crippen LogP contribution >= 0.6 is 0 Å². The average Bonchev–Trinajstić information content (AvgIpc) is 2.27. The van der Waals surface area contributed by atoms with Crippen molar-refractivity contribution in [2.45, 2.75) is 26.7 Å². The lowest BCUT2D eigenvalue weighted by Gasteiger charge is -2.13. The van der Waals surface area contributed by atoms with E-state index in [-0.39, 0.29) is 11.6 Å². The van der Waals surface area contributed by atoms with E-state index in [0.29, 0.717) is 12.6 Å².